The molecule has 0 aromatic carbocycles. The Morgan fingerprint density at radius 1 is 0.867 bits per heavy atom. The molecule has 0 bridgehead atoms. The summed E-state index contributed by atoms with van der Waals surface area (Å²) >= 11 is 0. The van der Waals surface area contributed by atoms with Crippen LogP contribution < -0.4 is 0 Å². The summed E-state index contributed by atoms with van der Waals surface area (Å²) in [4.78, 5) is 0. The molecule has 0 saturated heterocycles. The molecule has 0 aromatic heterocycles. The Morgan fingerprint density at radius 3 is 2.07 bits per heavy atom. The fraction of sp³-hybridized carbons (Fsp3) is 0.667. The molecule has 0 heteroatoms. The van der Waals surface area contributed by atoms with Gasteiger partial charge >= 0.3 is 0 Å². The van der Waals surface area contributed by atoms with Gasteiger partial charge in [0.2, 0.25) is 0 Å². The van der Waals surface area contributed by atoms with Crippen molar-refractivity contribution in [2.45, 2.75) is 53.4 Å². The van der Waals surface area contributed by atoms with Crippen LogP contribution >= 0.6 is 0 Å². The predicted molar refractivity (Wildman–Crippen MR) is 68.6 cm³/mol. The second kappa shape index (κ2) is 6.15. The average Bonchev–Trinajstić information content (AvgIpc) is 2.59. The van der Waals surface area contributed by atoms with E-state index in [9.17, 15) is 0 Å². The third kappa shape index (κ3) is 5.20. The highest BCUT2D eigenvalue weighted by Crippen LogP contribution is 2.27. The topological polar surface area (TPSA) is 0 Å². The molecule has 0 N–H and O–H groups in total. The van der Waals surface area contributed by atoms with Gasteiger partial charge in [-0.25, -0.2) is 0 Å². The van der Waals surface area contributed by atoms with Crippen LogP contribution in [0.4, 0.5) is 0 Å². The number of allylic oxidation sites excluding steroid dienone is 4. The molecule has 0 aromatic rings. The minimum Gasteiger partial charge on any atom is -0.0731 e. The van der Waals surface area contributed by atoms with E-state index < -0.39 is 0 Å². The number of hydrogen-bond donors (Lipinski definition) is 0. The zero-order chi connectivity index (χ0) is 11.3. The first-order chi connectivity index (χ1) is 7.08. The summed E-state index contributed by atoms with van der Waals surface area (Å²) in [5, 5.41) is 0. The fourth-order valence-electron chi connectivity index (χ4n) is 1.77. The summed E-state index contributed by atoms with van der Waals surface area (Å²) in [5.41, 5.74) is 1.53. The van der Waals surface area contributed by atoms with E-state index in [-0.39, 0.29) is 0 Å². The van der Waals surface area contributed by atoms with Crippen LogP contribution in [0.2, 0.25) is 0 Å². The van der Waals surface area contributed by atoms with Gasteiger partial charge in [0.05, 0.1) is 0 Å². The van der Waals surface area contributed by atoms with Crippen molar-refractivity contribution in [1.82, 2.24) is 0 Å². The standard InChI is InChI=1S/C15H25/c1-12(2)5-7-14-9-10-15(11-14)8-6-13(3)4/h9-13H,5-8H2,1-4H3. The maximum Gasteiger partial charge on any atom is 0.0196 e. The van der Waals surface area contributed by atoms with E-state index in [4.69, 9.17) is 0 Å². The van der Waals surface area contributed by atoms with Gasteiger partial charge < -0.3 is 0 Å². The van der Waals surface area contributed by atoms with E-state index in [1.54, 1.807) is 0 Å². The normalized spacial score (nSPS) is 16.8. The minimum atomic E-state index is 0.819. The molecule has 0 amide bonds. The van der Waals surface area contributed by atoms with Gasteiger partial charge in [-0.1, -0.05) is 51.5 Å². The molecule has 15 heavy (non-hydrogen) atoms. The molecule has 1 aliphatic rings. The van der Waals surface area contributed by atoms with Crippen LogP contribution in [0.1, 0.15) is 53.4 Å². The van der Waals surface area contributed by atoms with Crippen LogP contribution in [-0.2, 0) is 0 Å². The van der Waals surface area contributed by atoms with Gasteiger partial charge in [-0.3, -0.25) is 0 Å². The lowest BCUT2D eigenvalue weighted by Crippen LogP contribution is -1.92. The summed E-state index contributed by atoms with van der Waals surface area (Å²) in [6.07, 6.45) is 12.1. The molecule has 1 radical (unpaired) electrons. The van der Waals surface area contributed by atoms with Crippen molar-refractivity contribution < 1.29 is 0 Å². The van der Waals surface area contributed by atoms with Crippen LogP contribution in [0.25, 0.3) is 0 Å². The van der Waals surface area contributed by atoms with Crippen LogP contribution in [0.3, 0.4) is 0 Å². The quantitative estimate of drug-likeness (QED) is 0.577. The predicted octanol–water partition coefficient (Wildman–Crippen LogP) is 4.93. The summed E-state index contributed by atoms with van der Waals surface area (Å²) in [7, 11) is 0. The maximum absolute atomic E-state index is 2.39. The van der Waals surface area contributed by atoms with Gasteiger partial charge in [0.1, 0.15) is 0 Å². The van der Waals surface area contributed by atoms with Crippen molar-refractivity contribution >= 4 is 0 Å². The molecule has 0 aliphatic heterocycles. The molecule has 1 rings (SSSR count). The van der Waals surface area contributed by atoms with Gasteiger partial charge in [0.15, 0.2) is 0 Å². The van der Waals surface area contributed by atoms with Gasteiger partial charge in [-0.05, 0) is 37.5 Å². The first-order valence-corrected chi connectivity index (χ1v) is 6.32. The Kier molecular flexibility index (Phi) is 5.14. The molecule has 85 valence electrons. The van der Waals surface area contributed by atoms with E-state index in [2.05, 4.69) is 45.9 Å². The van der Waals surface area contributed by atoms with Crippen LogP contribution in [0.15, 0.2) is 23.8 Å². The van der Waals surface area contributed by atoms with Gasteiger partial charge in [-0.15, -0.1) is 0 Å². The van der Waals surface area contributed by atoms with Crippen molar-refractivity contribution in [1.29, 1.82) is 0 Å². The van der Waals surface area contributed by atoms with Gasteiger partial charge in [0, 0.05) is 5.92 Å². The molecule has 0 spiro atoms. The van der Waals surface area contributed by atoms with Crippen molar-refractivity contribution in [2.24, 2.45) is 11.8 Å². The monoisotopic (exact) mass is 205 g/mol. The highest BCUT2D eigenvalue weighted by Gasteiger charge is 2.10. The first-order valence-electron chi connectivity index (χ1n) is 6.32. The molecule has 0 heterocycles. The second-order valence-corrected chi connectivity index (χ2v) is 5.49. The summed E-state index contributed by atoms with van der Waals surface area (Å²) in [6, 6.07) is 0. The SMILES string of the molecule is CC(C)CC[C]1C=CC(CCC(C)C)=C1. The van der Waals surface area contributed by atoms with Crippen molar-refractivity contribution in [2.75, 3.05) is 0 Å². The second-order valence-electron chi connectivity index (χ2n) is 5.49. The Balaban J connectivity index is 2.26. The summed E-state index contributed by atoms with van der Waals surface area (Å²) in [5.74, 6) is 3.17. The number of hydrogen-bond acceptors (Lipinski definition) is 0. The van der Waals surface area contributed by atoms with Crippen LogP contribution in [0.5, 0.6) is 0 Å². The molecule has 0 unspecified atom stereocenters. The lowest BCUT2D eigenvalue weighted by molar-refractivity contribution is 0.576. The average molecular weight is 205 g/mol. The van der Waals surface area contributed by atoms with E-state index in [1.165, 1.54) is 37.2 Å². The maximum atomic E-state index is 2.39. The Hall–Kier alpha value is -0.520. The van der Waals surface area contributed by atoms with Gasteiger partial charge in [-0.2, -0.15) is 0 Å². The minimum absolute atomic E-state index is 0.819. The van der Waals surface area contributed by atoms with Crippen molar-refractivity contribution in [3.8, 4) is 0 Å². The summed E-state index contributed by atoms with van der Waals surface area (Å²) in [6.45, 7) is 9.18. The lowest BCUT2D eigenvalue weighted by atomic mass is 9.98. The largest absolute Gasteiger partial charge is 0.0731 e. The number of rotatable bonds is 6. The third-order valence-corrected chi connectivity index (χ3v) is 2.90. The van der Waals surface area contributed by atoms with E-state index >= 15 is 0 Å². The molecular weight excluding hydrogens is 180 g/mol. The van der Waals surface area contributed by atoms with E-state index in [0.29, 0.717) is 0 Å². The first kappa shape index (κ1) is 12.5. The Morgan fingerprint density at radius 2 is 1.47 bits per heavy atom. The Labute approximate surface area is 95.5 Å². The Bertz CT molecular complexity index is 230. The third-order valence-electron chi connectivity index (χ3n) is 2.90. The molecule has 0 atom stereocenters. The van der Waals surface area contributed by atoms with E-state index in [1.807, 2.05) is 0 Å². The molecule has 0 nitrogen and oxygen atoms in total. The highest BCUT2D eigenvalue weighted by atomic mass is 14.2. The lowest BCUT2D eigenvalue weighted by Gasteiger charge is -2.07. The molecular formula is C15H25. The fourth-order valence-corrected chi connectivity index (χ4v) is 1.77. The van der Waals surface area contributed by atoms with Crippen molar-refractivity contribution in [3.63, 3.8) is 0 Å². The summed E-state index contributed by atoms with van der Waals surface area (Å²) < 4.78 is 0. The van der Waals surface area contributed by atoms with Crippen molar-refractivity contribution in [3.05, 3.63) is 29.7 Å². The zero-order valence-electron chi connectivity index (χ0n) is 10.7. The molecule has 0 fully saturated rings. The smallest absolute Gasteiger partial charge is 0.0196 e. The van der Waals surface area contributed by atoms with Gasteiger partial charge in [0.25, 0.3) is 0 Å². The van der Waals surface area contributed by atoms with Crippen LogP contribution in [-0.4, -0.2) is 0 Å². The van der Waals surface area contributed by atoms with E-state index in [0.717, 1.165) is 11.8 Å². The zero-order valence-corrected chi connectivity index (χ0v) is 10.7. The molecule has 1 aliphatic carbocycles. The molecule has 0 saturated carbocycles. The highest BCUT2D eigenvalue weighted by molar-refractivity contribution is 5.40. The van der Waals surface area contributed by atoms with Crippen LogP contribution in [0, 0.1) is 17.8 Å².